The molecule has 0 aliphatic carbocycles. The van der Waals surface area contributed by atoms with E-state index in [4.69, 9.17) is 4.74 Å². The first-order chi connectivity index (χ1) is 9.82. The molecule has 21 heavy (non-hydrogen) atoms. The SMILES string of the molecule is CCOC(=O)Cc1c(CC)nn(CCS(C)(=O)=O)c1CC. The normalized spacial score (nSPS) is 11.6. The number of aromatic nitrogens is 2. The van der Waals surface area contributed by atoms with Crippen molar-refractivity contribution in [1.82, 2.24) is 9.78 Å². The molecule has 0 saturated carbocycles. The van der Waals surface area contributed by atoms with Gasteiger partial charge < -0.3 is 4.74 Å². The zero-order valence-corrected chi connectivity index (χ0v) is 14.0. The van der Waals surface area contributed by atoms with Crippen molar-refractivity contribution in [3.8, 4) is 0 Å². The molecule has 1 aromatic heterocycles. The second kappa shape index (κ2) is 7.59. The molecule has 0 aromatic carbocycles. The smallest absolute Gasteiger partial charge is 0.310 e. The molecule has 120 valence electrons. The molecule has 0 spiro atoms. The van der Waals surface area contributed by atoms with E-state index in [2.05, 4.69) is 5.10 Å². The highest BCUT2D eigenvalue weighted by molar-refractivity contribution is 7.90. The van der Waals surface area contributed by atoms with Crippen LogP contribution in [-0.2, 0) is 45.2 Å². The minimum Gasteiger partial charge on any atom is -0.466 e. The maximum absolute atomic E-state index is 11.7. The molecule has 0 aliphatic rings. The van der Waals surface area contributed by atoms with Crippen LogP contribution >= 0.6 is 0 Å². The maximum atomic E-state index is 11.7. The zero-order valence-electron chi connectivity index (χ0n) is 13.2. The van der Waals surface area contributed by atoms with Crippen LogP contribution in [-0.4, -0.2) is 42.8 Å². The Bertz CT molecular complexity index is 590. The first-order valence-corrected chi connectivity index (χ1v) is 9.29. The fraction of sp³-hybridized carbons (Fsp3) is 0.714. The van der Waals surface area contributed by atoms with Gasteiger partial charge in [-0.2, -0.15) is 5.10 Å². The molecule has 7 heteroatoms. The fourth-order valence-corrected chi connectivity index (χ4v) is 2.77. The van der Waals surface area contributed by atoms with Crippen molar-refractivity contribution in [2.45, 2.75) is 46.6 Å². The van der Waals surface area contributed by atoms with Crippen molar-refractivity contribution in [2.24, 2.45) is 0 Å². The van der Waals surface area contributed by atoms with E-state index in [1.807, 2.05) is 13.8 Å². The highest BCUT2D eigenvalue weighted by atomic mass is 32.2. The minimum absolute atomic E-state index is 0.0453. The number of sulfone groups is 1. The summed E-state index contributed by atoms with van der Waals surface area (Å²) >= 11 is 0. The molecule has 0 radical (unpaired) electrons. The molecule has 6 nitrogen and oxygen atoms in total. The standard InChI is InChI=1S/C14H24N2O4S/c1-5-12-11(10-14(17)20-7-3)13(6-2)16(15-12)8-9-21(4,18)19/h5-10H2,1-4H3. The van der Waals surface area contributed by atoms with Crippen molar-refractivity contribution in [1.29, 1.82) is 0 Å². The van der Waals surface area contributed by atoms with Gasteiger partial charge >= 0.3 is 5.97 Å². The van der Waals surface area contributed by atoms with Gasteiger partial charge in [-0.3, -0.25) is 9.48 Å². The molecule has 1 rings (SSSR count). The number of hydrogen-bond acceptors (Lipinski definition) is 5. The molecular weight excluding hydrogens is 292 g/mol. The Hall–Kier alpha value is -1.37. The first-order valence-electron chi connectivity index (χ1n) is 7.23. The topological polar surface area (TPSA) is 78.3 Å². The molecular formula is C14H24N2O4S. The summed E-state index contributed by atoms with van der Waals surface area (Å²) in [6.45, 7) is 6.38. The van der Waals surface area contributed by atoms with E-state index in [1.165, 1.54) is 6.26 Å². The second-order valence-electron chi connectivity index (χ2n) is 4.91. The van der Waals surface area contributed by atoms with Gasteiger partial charge in [0.15, 0.2) is 0 Å². The Morgan fingerprint density at radius 2 is 1.90 bits per heavy atom. The number of nitrogens with zero attached hydrogens (tertiary/aromatic N) is 2. The lowest BCUT2D eigenvalue weighted by Crippen LogP contribution is -2.15. The van der Waals surface area contributed by atoms with Crippen LogP contribution in [0.4, 0.5) is 0 Å². The summed E-state index contributed by atoms with van der Waals surface area (Å²) in [5.74, 6) is -0.228. The molecule has 1 heterocycles. The van der Waals surface area contributed by atoms with E-state index in [0.29, 0.717) is 26.0 Å². The van der Waals surface area contributed by atoms with Crippen molar-refractivity contribution in [2.75, 3.05) is 18.6 Å². The molecule has 0 aliphatic heterocycles. The number of ether oxygens (including phenoxy) is 1. The van der Waals surface area contributed by atoms with Crippen LogP contribution in [0.5, 0.6) is 0 Å². The van der Waals surface area contributed by atoms with Gasteiger partial charge in [0.1, 0.15) is 9.84 Å². The van der Waals surface area contributed by atoms with Gasteiger partial charge in [0.05, 0.1) is 31.0 Å². The number of carbonyl (C=O) groups is 1. The van der Waals surface area contributed by atoms with E-state index in [9.17, 15) is 13.2 Å². The monoisotopic (exact) mass is 316 g/mol. The lowest BCUT2D eigenvalue weighted by Gasteiger charge is -2.07. The Kier molecular flexibility index (Phi) is 6.39. The van der Waals surface area contributed by atoms with Crippen LogP contribution in [0.1, 0.15) is 37.7 Å². The Balaban J connectivity index is 3.05. The molecule has 1 aromatic rings. The summed E-state index contributed by atoms with van der Waals surface area (Å²) < 4.78 is 29.3. The third-order valence-corrected chi connectivity index (χ3v) is 4.14. The Labute approximate surface area is 126 Å². The van der Waals surface area contributed by atoms with Gasteiger partial charge in [-0.05, 0) is 19.8 Å². The Morgan fingerprint density at radius 1 is 1.24 bits per heavy atom. The van der Waals surface area contributed by atoms with Crippen LogP contribution in [0, 0.1) is 0 Å². The number of rotatable bonds is 8. The Morgan fingerprint density at radius 3 is 2.38 bits per heavy atom. The molecule has 0 amide bonds. The van der Waals surface area contributed by atoms with Crippen molar-refractivity contribution in [3.63, 3.8) is 0 Å². The summed E-state index contributed by atoms with van der Waals surface area (Å²) in [5.41, 5.74) is 2.64. The second-order valence-corrected chi connectivity index (χ2v) is 7.17. The molecule has 0 fully saturated rings. The summed E-state index contributed by atoms with van der Waals surface area (Å²) in [7, 11) is -3.04. The largest absolute Gasteiger partial charge is 0.466 e. The van der Waals surface area contributed by atoms with Crippen molar-refractivity contribution < 1.29 is 17.9 Å². The summed E-state index contributed by atoms with van der Waals surface area (Å²) in [5, 5.41) is 4.46. The van der Waals surface area contributed by atoms with Crippen molar-refractivity contribution >= 4 is 15.8 Å². The van der Waals surface area contributed by atoms with Crippen LogP contribution in [0.3, 0.4) is 0 Å². The maximum Gasteiger partial charge on any atom is 0.310 e. The van der Waals surface area contributed by atoms with Crippen LogP contribution < -0.4 is 0 Å². The predicted molar refractivity (Wildman–Crippen MR) is 81.0 cm³/mol. The van der Waals surface area contributed by atoms with Crippen LogP contribution in [0.25, 0.3) is 0 Å². The molecule has 0 N–H and O–H groups in total. The number of carbonyl (C=O) groups excluding carboxylic acids is 1. The third-order valence-electron chi connectivity index (χ3n) is 3.22. The van der Waals surface area contributed by atoms with Gasteiger partial charge in [0.25, 0.3) is 0 Å². The third kappa shape index (κ3) is 5.15. The van der Waals surface area contributed by atoms with Gasteiger partial charge in [-0.25, -0.2) is 8.42 Å². The zero-order chi connectivity index (χ0) is 16.0. The minimum atomic E-state index is -3.04. The average Bonchev–Trinajstić information content (AvgIpc) is 2.72. The number of hydrogen-bond donors (Lipinski definition) is 0. The van der Waals surface area contributed by atoms with E-state index in [0.717, 1.165) is 17.0 Å². The molecule has 0 unspecified atom stereocenters. The summed E-state index contributed by atoms with van der Waals surface area (Å²) in [4.78, 5) is 11.7. The van der Waals surface area contributed by atoms with Gasteiger partial charge in [0.2, 0.25) is 0 Å². The van der Waals surface area contributed by atoms with Crippen molar-refractivity contribution in [3.05, 3.63) is 17.0 Å². The number of aryl methyl sites for hydroxylation is 2. The lowest BCUT2D eigenvalue weighted by molar-refractivity contribution is -0.142. The fourth-order valence-electron chi connectivity index (χ4n) is 2.27. The summed E-state index contributed by atoms with van der Waals surface area (Å²) in [6, 6.07) is 0. The summed E-state index contributed by atoms with van der Waals surface area (Å²) in [6.07, 6.45) is 2.81. The van der Waals surface area contributed by atoms with E-state index in [-0.39, 0.29) is 18.1 Å². The first kappa shape index (κ1) is 17.7. The molecule has 0 saturated heterocycles. The van der Waals surface area contributed by atoms with E-state index in [1.54, 1.807) is 11.6 Å². The van der Waals surface area contributed by atoms with Gasteiger partial charge in [-0.1, -0.05) is 13.8 Å². The number of esters is 1. The average molecular weight is 316 g/mol. The predicted octanol–water partition coefficient (Wildman–Crippen LogP) is 1.16. The molecule has 0 bridgehead atoms. The van der Waals surface area contributed by atoms with Gasteiger partial charge in [-0.15, -0.1) is 0 Å². The van der Waals surface area contributed by atoms with Crippen LogP contribution in [0.15, 0.2) is 0 Å². The van der Waals surface area contributed by atoms with E-state index < -0.39 is 9.84 Å². The quantitative estimate of drug-likeness (QED) is 0.673. The highest BCUT2D eigenvalue weighted by Gasteiger charge is 2.19. The van der Waals surface area contributed by atoms with E-state index >= 15 is 0 Å². The van der Waals surface area contributed by atoms with Gasteiger partial charge in [0, 0.05) is 17.5 Å². The highest BCUT2D eigenvalue weighted by Crippen LogP contribution is 2.18. The van der Waals surface area contributed by atoms with Crippen LogP contribution in [0.2, 0.25) is 0 Å². The lowest BCUT2D eigenvalue weighted by atomic mass is 10.1. The molecule has 0 atom stereocenters.